The van der Waals surface area contributed by atoms with Crippen molar-refractivity contribution in [1.29, 1.82) is 0 Å². The quantitative estimate of drug-likeness (QED) is 0.755. The average molecular weight is 303 g/mol. The van der Waals surface area contributed by atoms with Crippen molar-refractivity contribution in [2.75, 3.05) is 0 Å². The van der Waals surface area contributed by atoms with Gasteiger partial charge in [-0.15, -0.1) is 0 Å². The van der Waals surface area contributed by atoms with E-state index in [4.69, 9.17) is 5.11 Å². The summed E-state index contributed by atoms with van der Waals surface area (Å²) in [5.74, 6) is -1.18. The van der Waals surface area contributed by atoms with Gasteiger partial charge in [0.2, 0.25) is 0 Å². The van der Waals surface area contributed by atoms with Gasteiger partial charge in [0.1, 0.15) is 6.04 Å². The van der Waals surface area contributed by atoms with Crippen molar-refractivity contribution in [3.8, 4) is 0 Å². The SMILES string of the molecule is CCCC[C@H](NS(=O)(=O)c1cn(C(C)C)cn1)C(=O)O. The maximum Gasteiger partial charge on any atom is 0.321 e. The Bertz CT molecular complexity index is 551. The molecule has 0 amide bonds. The van der Waals surface area contributed by atoms with Gasteiger partial charge in [-0.2, -0.15) is 4.72 Å². The number of carboxylic acid groups (broad SMARTS) is 1. The monoisotopic (exact) mass is 303 g/mol. The van der Waals surface area contributed by atoms with Crippen LogP contribution in [-0.2, 0) is 14.8 Å². The van der Waals surface area contributed by atoms with Gasteiger partial charge in [-0.1, -0.05) is 19.8 Å². The van der Waals surface area contributed by atoms with E-state index in [1.807, 2.05) is 20.8 Å². The molecule has 1 atom stereocenters. The lowest BCUT2D eigenvalue weighted by Crippen LogP contribution is -2.40. The van der Waals surface area contributed by atoms with Gasteiger partial charge in [0.25, 0.3) is 10.0 Å². The number of aromatic nitrogens is 2. The molecular weight excluding hydrogens is 282 g/mol. The van der Waals surface area contributed by atoms with E-state index in [1.165, 1.54) is 12.5 Å². The van der Waals surface area contributed by atoms with E-state index in [2.05, 4.69) is 9.71 Å². The van der Waals surface area contributed by atoms with E-state index in [0.29, 0.717) is 6.42 Å². The minimum Gasteiger partial charge on any atom is -0.480 e. The van der Waals surface area contributed by atoms with Crippen molar-refractivity contribution in [3.63, 3.8) is 0 Å². The van der Waals surface area contributed by atoms with Crippen molar-refractivity contribution in [1.82, 2.24) is 14.3 Å². The van der Waals surface area contributed by atoms with E-state index < -0.39 is 22.0 Å². The molecule has 0 fully saturated rings. The number of nitrogens with zero attached hydrogens (tertiary/aromatic N) is 2. The molecule has 0 bridgehead atoms. The lowest BCUT2D eigenvalue weighted by Gasteiger charge is -2.13. The summed E-state index contributed by atoms with van der Waals surface area (Å²) in [6.07, 6.45) is 4.51. The van der Waals surface area contributed by atoms with Crippen LogP contribution in [0, 0.1) is 0 Å². The smallest absolute Gasteiger partial charge is 0.321 e. The number of hydrogen-bond acceptors (Lipinski definition) is 4. The zero-order valence-electron chi connectivity index (χ0n) is 11.9. The molecule has 1 rings (SSSR count). The third-order valence-electron chi connectivity index (χ3n) is 2.89. The summed E-state index contributed by atoms with van der Waals surface area (Å²) in [6.45, 7) is 5.71. The summed E-state index contributed by atoms with van der Waals surface area (Å²) >= 11 is 0. The normalized spacial score (nSPS) is 13.6. The maximum absolute atomic E-state index is 12.1. The van der Waals surface area contributed by atoms with Gasteiger partial charge < -0.3 is 9.67 Å². The fourth-order valence-electron chi connectivity index (χ4n) is 1.63. The summed E-state index contributed by atoms with van der Waals surface area (Å²) < 4.78 is 28.0. The minimum absolute atomic E-state index is 0.0850. The Morgan fingerprint density at radius 1 is 1.50 bits per heavy atom. The molecule has 0 aliphatic rings. The van der Waals surface area contributed by atoms with Crippen LogP contribution < -0.4 is 4.72 Å². The second-order valence-electron chi connectivity index (χ2n) is 4.91. The maximum atomic E-state index is 12.1. The standard InChI is InChI=1S/C12H21N3O4S/c1-4-5-6-10(12(16)17)14-20(18,19)11-7-15(8-13-11)9(2)3/h7-10,14H,4-6H2,1-3H3,(H,16,17)/t10-/m0/s1. The van der Waals surface area contributed by atoms with Crippen LogP contribution >= 0.6 is 0 Å². The number of carboxylic acids is 1. The van der Waals surface area contributed by atoms with Crippen LogP contribution in [0.25, 0.3) is 0 Å². The molecule has 0 unspecified atom stereocenters. The summed E-state index contributed by atoms with van der Waals surface area (Å²) in [7, 11) is -3.91. The Balaban J connectivity index is 2.88. The number of unbranched alkanes of at least 4 members (excludes halogenated alkanes) is 1. The molecule has 0 aliphatic carbocycles. The summed E-state index contributed by atoms with van der Waals surface area (Å²) in [4.78, 5) is 14.9. The minimum atomic E-state index is -3.91. The topological polar surface area (TPSA) is 101 Å². The first-order valence-electron chi connectivity index (χ1n) is 6.56. The first-order chi connectivity index (χ1) is 9.27. The zero-order valence-corrected chi connectivity index (χ0v) is 12.7. The number of carbonyl (C=O) groups is 1. The van der Waals surface area contributed by atoms with Crippen LogP contribution in [0.4, 0.5) is 0 Å². The predicted molar refractivity (Wildman–Crippen MR) is 73.9 cm³/mol. The predicted octanol–water partition coefficient (Wildman–Crippen LogP) is 1.39. The molecule has 1 aromatic rings. The Kier molecular flexibility index (Phi) is 5.70. The molecular formula is C12H21N3O4S. The Hall–Kier alpha value is -1.41. The summed E-state index contributed by atoms with van der Waals surface area (Å²) in [5.41, 5.74) is 0. The van der Waals surface area contributed by atoms with Gasteiger partial charge in [0, 0.05) is 12.2 Å². The number of nitrogens with one attached hydrogen (secondary N) is 1. The molecule has 1 heterocycles. The number of aliphatic carboxylic acids is 1. The fraction of sp³-hybridized carbons (Fsp3) is 0.667. The van der Waals surface area contributed by atoms with Crippen molar-refractivity contribution >= 4 is 16.0 Å². The van der Waals surface area contributed by atoms with E-state index in [1.54, 1.807) is 4.57 Å². The third kappa shape index (κ3) is 4.31. The molecule has 7 nitrogen and oxygen atoms in total. The molecule has 2 N–H and O–H groups in total. The fourth-order valence-corrected chi connectivity index (χ4v) is 2.79. The van der Waals surface area contributed by atoms with Gasteiger partial charge >= 0.3 is 5.97 Å². The molecule has 0 saturated heterocycles. The molecule has 8 heteroatoms. The van der Waals surface area contributed by atoms with E-state index in [0.717, 1.165) is 6.42 Å². The highest BCUT2D eigenvalue weighted by Crippen LogP contribution is 2.12. The third-order valence-corrected chi connectivity index (χ3v) is 4.25. The van der Waals surface area contributed by atoms with Crippen LogP contribution in [0.5, 0.6) is 0 Å². The Morgan fingerprint density at radius 2 is 2.15 bits per heavy atom. The van der Waals surface area contributed by atoms with Gasteiger partial charge in [-0.05, 0) is 20.3 Å². The van der Waals surface area contributed by atoms with Gasteiger partial charge in [0.05, 0.1) is 6.33 Å². The lowest BCUT2D eigenvalue weighted by atomic mass is 10.1. The highest BCUT2D eigenvalue weighted by Gasteiger charge is 2.26. The zero-order chi connectivity index (χ0) is 15.3. The largest absolute Gasteiger partial charge is 0.480 e. The first kappa shape index (κ1) is 16.6. The number of rotatable bonds is 8. The van der Waals surface area contributed by atoms with E-state index >= 15 is 0 Å². The molecule has 0 radical (unpaired) electrons. The Morgan fingerprint density at radius 3 is 2.60 bits per heavy atom. The van der Waals surface area contributed by atoms with Crippen LogP contribution in [0.3, 0.4) is 0 Å². The molecule has 1 aromatic heterocycles. The van der Waals surface area contributed by atoms with Crippen molar-refractivity contribution < 1.29 is 18.3 Å². The number of hydrogen-bond donors (Lipinski definition) is 2. The first-order valence-corrected chi connectivity index (χ1v) is 8.04. The van der Waals surface area contributed by atoms with Gasteiger partial charge in [0.15, 0.2) is 5.03 Å². The average Bonchev–Trinajstić information content (AvgIpc) is 2.84. The second-order valence-corrected chi connectivity index (χ2v) is 6.57. The van der Waals surface area contributed by atoms with Crippen LogP contribution in [-0.4, -0.2) is 35.1 Å². The van der Waals surface area contributed by atoms with Gasteiger partial charge in [-0.25, -0.2) is 13.4 Å². The highest BCUT2D eigenvalue weighted by atomic mass is 32.2. The summed E-state index contributed by atoms with van der Waals surface area (Å²) in [6, 6.07) is -1.04. The molecule has 0 spiro atoms. The highest BCUT2D eigenvalue weighted by molar-refractivity contribution is 7.89. The second kappa shape index (κ2) is 6.85. The molecule has 20 heavy (non-hydrogen) atoms. The van der Waals surface area contributed by atoms with E-state index in [-0.39, 0.29) is 17.5 Å². The molecule has 0 aliphatic heterocycles. The van der Waals surface area contributed by atoms with Crippen molar-refractivity contribution in [3.05, 3.63) is 12.5 Å². The molecule has 0 aromatic carbocycles. The van der Waals surface area contributed by atoms with Crippen LogP contribution in [0.1, 0.15) is 46.1 Å². The number of sulfonamides is 1. The number of imidazole rings is 1. The lowest BCUT2D eigenvalue weighted by molar-refractivity contribution is -0.139. The Labute approximate surface area is 119 Å². The van der Waals surface area contributed by atoms with E-state index in [9.17, 15) is 13.2 Å². The van der Waals surface area contributed by atoms with Crippen molar-refractivity contribution in [2.24, 2.45) is 0 Å². The molecule has 114 valence electrons. The summed E-state index contributed by atoms with van der Waals surface area (Å²) in [5, 5.41) is 8.89. The van der Waals surface area contributed by atoms with Crippen molar-refractivity contribution in [2.45, 2.75) is 57.1 Å². The van der Waals surface area contributed by atoms with Crippen LogP contribution in [0.2, 0.25) is 0 Å². The molecule has 0 saturated carbocycles. The van der Waals surface area contributed by atoms with Gasteiger partial charge in [-0.3, -0.25) is 4.79 Å². The van der Waals surface area contributed by atoms with Crippen LogP contribution in [0.15, 0.2) is 17.6 Å².